The van der Waals surface area contributed by atoms with Gasteiger partial charge in [-0.25, -0.2) is 0 Å². The molecule has 1 aromatic rings. The van der Waals surface area contributed by atoms with Crippen molar-refractivity contribution in [2.24, 2.45) is 7.05 Å². The Morgan fingerprint density at radius 2 is 2.10 bits per heavy atom. The summed E-state index contributed by atoms with van der Waals surface area (Å²) >= 11 is 3.61. The highest BCUT2D eigenvalue weighted by atomic mass is 79.9. The van der Waals surface area contributed by atoms with Crippen molar-refractivity contribution in [1.29, 1.82) is 0 Å². The van der Waals surface area contributed by atoms with Gasteiger partial charge in [-0.15, -0.1) is 0 Å². The Labute approximate surface area is 129 Å². The van der Waals surface area contributed by atoms with Crippen molar-refractivity contribution in [2.45, 2.75) is 46.7 Å². The molecule has 0 spiro atoms. The zero-order valence-electron chi connectivity index (χ0n) is 12.9. The van der Waals surface area contributed by atoms with Crippen molar-refractivity contribution in [1.82, 2.24) is 14.7 Å². The van der Waals surface area contributed by atoms with Crippen LogP contribution in [-0.2, 0) is 29.5 Å². The van der Waals surface area contributed by atoms with E-state index in [0.717, 1.165) is 22.3 Å². The van der Waals surface area contributed by atoms with Crippen LogP contribution >= 0.6 is 15.9 Å². The molecule has 1 heterocycles. The van der Waals surface area contributed by atoms with E-state index in [1.807, 2.05) is 18.7 Å². The summed E-state index contributed by atoms with van der Waals surface area (Å²) in [6.07, 6.45) is 0.883. The van der Waals surface area contributed by atoms with Gasteiger partial charge in [0, 0.05) is 19.6 Å². The minimum atomic E-state index is -0.185. The lowest BCUT2D eigenvalue weighted by Crippen LogP contribution is -2.36. The second-order valence-corrected chi connectivity index (χ2v) is 5.78. The SMILES string of the molecule is CCOC(=O)CN(Cc1c(Br)c(CC)nn1C)C(C)C. The fraction of sp³-hybridized carbons (Fsp3) is 0.714. The fourth-order valence-corrected chi connectivity index (χ4v) is 2.72. The van der Waals surface area contributed by atoms with Crippen molar-refractivity contribution in [3.05, 3.63) is 15.9 Å². The maximum Gasteiger partial charge on any atom is 0.320 e. The second kappa shape index (κ2) is 7.78. The van der Waals surface area contributed by atoms with Crippen LogP contribution in [0, 0.1) is 0 Å². The topological polar surface area (TPSA) is 47.4 Å². The normalized spacial score (nSPS) is 11.4. The summed E-state index contributed by atoms with van der Waals surface area (Å²) in [4.78, 5) is 13.8. The van der Waals surface area contributed by atoms with Crippen molar-refractivity contribution in [3.8, 4) is 0 Å². The third-order valence-corrected chi connectivity index (χ3v) is 4.14. The summed E-state index contributed by atoms with van der Waals surface area (Å²) in [6.45, 7) is 9.43. The molecule has 114 valence electrons. The Morgan fingerprint density at radius 3 is 2.55 bits per heavy atom. The minimum Gasteiger partial charge on any atom is -0.465 e. The molecule has 1 aromatic heterocycles. The van der Waals surface area contributed by atoms with Crippen molar-refractivity contribution >= 4 is 21.9 Å². The van der Waals surface area contributed by atoms with E-state index in [0.29, 0.717) is 19.7 Å². The molecule has 0 saturated carbocycles. The highest BCUT2D eigenvalue weighted by Gasteiger charge is 2.20. The standard InChI is InChI=1S/C14H24BrN3O2/c1-6-11-14(15)12(17(5)16-11)8-18(10(3)4)9-13(19)20-7-2/h10H,6-9H2,1-5H3. The lowest BCUT2D eigenvalue weighted by Gasteiger charge is -2.25. The van der Waals surface area contributed by atoms with Crippen LogP contribution in [0.2, 0.25) is 0 Å². The third-order valence-electron chi connectivity index (χ3n) is 3.22. The van der Waals surface area contributed by atoms with Crippen LogP contribution < -0.4 is 0 Å². The molecule has 6 heteroatoms. The average molecular weight is 346 g/mol. The predicted octanol–water partition coefficient (Wildman–Crippen LogP) is 2.52. The van der Waals surface area contributed by atoms with Gasteiger partial charge < -0.3 is 4.74 Å². The lowest BCUT2D eigenvalue weighted by atomic mass is 10.2. The molecule has 0 aromatic carbocycles. The Kier molecular flexibility index (Phi) is 6.68. The van der Waals surface area contributed by atoms with Crippen LogP contribution in [0.15, 0.2) is 4.47 Å². The van der Waals surface area contributed by atoms with Gasteiger partial charge in [-0.1, -0.05) is 6.92 Å². The summed E-state index contributed by atoms with van der Waals surface area (Å²) in [5.41, 5.74) is 2.13. The predicted molar refractivity (Wildman–Crippen MR) is 82.5 cm³/mol. The smallest absolute Gasteiger partial charge is 0.320 e. The maximum atomic E-state index is 11.7. The molecule has 0 aliphatic heterocycles. The molecule has 0 N–H and O–H groups in total. The van der Waals surface area contributed by atoms with E-state index in [9.17, 15) is 4.79 Å². The van der Waals surface area contributed by atoms with E-state index in [1.54, 1.807) is 0 Å². The number of hydrogen-bond acceptors (Lipinski definition) is 4. The monoisotopic (exact) mass is 345 g/mol. The number of nitrogens with zero attached hydrogens (tertiary/aromatic N) is 3. The molecular formula is C14H24BrN3O2. The molecule has 0 radical (unpaired) electrons. The molecule has 0 aliphatic rings. The van der Waals surface area contributed by atoms with Crippen molar-refractivity contribution < 1.29 is 9.53 Å². The van der Waals surface area contributed by atoms with E-state index >= 15 is 0 Å². The van der Waals surface area contributed by atoms with Crippen LogP contribution in [0.3, 0.4) is 0 Å². The van der Waals surface area contributed by atoms with Gasteiger partial charge in [0.05, 0.1) is 29.0 Å². The number of esters is 1. The van der Waals surface area contributed by atoms with Gasteiger partial charge in [-0.05, 0) is 43.1 Å². The van der Waals surface area contributed by atoms with Crippen LogP contribution in [0.25, 0.3) is 0 Å². The molecule has 5 nitrogen and oxygen atoms in total. The molecule has 0 aliphatic carbocycles. The zero-order chi connectivity index (χ0) is 15.3. The number of rotatable bonds is 7. The first kappa shape index (κ1) is 17.2. The van der Waals surface area contributed by atoms with Gasteiger partial charge in [0.15, 0.2) is 0 Å². The first-order valence-electron chi connectivity index (χ1n) is 7.00. The molecule has 0 fully saturated rings. The molecule has 0 amide bonds. The first-order valence-corrected chi connectivity index (χ1v) is 7.79. The summed E-state index contributed by atoms with van der Waals surface area (Å²) in [7, 11) is 1.93. The highest BCUT2D eigenvalue weighted by molar-refractivity contribution is 9.10. The van der Waals surface area contributed by atoms with Gasteiger partial charge in [0.2, 0.25) is 0 Å². The average Bonchev–Trinajstić information content (AvgIpc) is 2.65. The van der Waals surface area contributed by atoms with Gasteiger partial charge in [-0.3, -0.25) is 14.4 Å². The summed E-state index contributed by atoms with van der Waals surface area (Å²) in [5, 5.41) is 4.48. The Hall–Kier alpha value is -0.880. The van der Waals surface area contributed by atoms with Crippen LogP contribution in [0.4, 0.5) is 0 Å². The number of aryl methyl sites for hydroxylation is 2. The van der Waals surface area contributed by atoms with E-state index in [-0.39, 0.29) is 12.0 Å². The molecular weight excluding hydrogens is 322 g/mol. The Bertz CT molecular complexity index is 458. The van der Waals surface area contributed by atoms with Crippen LogP contribution in [0.5, 0.6) is 0 Å². The molecule has 0 bridgehead atoms. The van der Waals surface area contributed by atoms with Gasteiger partial charge in [-0.2, -0.15) is 5.10 Å². The van der Waals surface area contributed by atoms with Crippen LogP contribution in [0.1, 0.15) is 39.1 Å². The van der Waals surface area contributed by atoms with Crippen LogP contribution in [-0.4, -0.2) is 39.8 Å². The van der Waals surface area contributed by atoms with E-state index in [1.165, 1.54) is 0 Å². The number of hydrogen-bond donors (Lipinski definition) is 0. The summed E-state index contributed by atoms with van der Waals surface area (Å²) < 4.78 is 7.95. The number of aromatic nitrogens is 2. The second-order valence-electron chi connectivity index (χ2n) is 4.99. The van der Waals surface area contributed by atoms with E-state index < -0.39 is 0 Å². The number of ether oxygens (including phenoxy) is 1. The van der Waals surface area contributed by atoms with Crippen molar-refractivity contribution in [2.75, 3.05) is 13.2 Å². The fourth-order valence-electron chi connectivity index (χ4n) is 1.98. The third kappa shape index (κ3) is 4.31. The zero-order valence-corrected chi connectivity index (χ0v) is 14.5. The minimum absolute atomic E-state index is 0.185. The quantitative estimate of drug-likeness (QED) is 0.712. The largest absolute Gasteiger partial charge is 0.465 e. The summed E-state index contributed by atoms with van der Waals surface area (Å²) in [6, 6.07) is 0.256. The molecule has 0 atom stereocenters. The van der Waals surface area contributed by atoms with E-state index in [2.05, 4.69) is 46.7 Å². The Morgan fingerprint density at radius 1 is 1.45 bits per heavy atom. The summed E-state index contributed by atoms with van der Waals surface area (Å²) in [5.74, 6) is -0.185. The van der Waals surface area contributed by atoms with Gasteiger partial charge >= 0.3 is 5.97 Å². The number of carbonyl (C=O) groups excluding carboxylic acids is 1. The first-order chi connectivity index (χ1) is 9.40. The maximum absolute atomic E-state index is 11.7. The number of carbonyl (C=O) groups is 1. The Balaban J connectivity index is 2.86. The molecule has 0 saturated heterocycles. The van der Waals surface area contributed by atoms with Crippen molar-refractivity contribution in [3.63, 3.8) is 0 Å². The molecule has 1 rings (SSSR count). The number of halogens is 1. The highest BCUT2D eigenvalue weighted by Crippen LogP contribution is 2.23. The van der Waals surface area contributed by atoms with Gasteiger partial charge in [0.1, 0.15) is 0 Å². The molecule has 20 heavy (non-hydrogen) atoms. The lowest BCUT2D eigenvalue weighted by molar-refractivity contribution is -0.145. The van der Waals surface area contributed by atoms with E-state index in [4.69, 9.17) is 4.74 Å². The van der Waals surface area contributed by atoms with Gasteiger partial charge in [0.25, 0.3) is 0 Å². The molecule has 0 unspecified atom stereocenters.